The fourth-order valence-corrected chi connectivity index (χ4v) is 3.40. The second-order valence-corrected chi connectivity index (χ2v) is 7.51. The van der Waals surface area contributed by atoms with Gasteiger partial charge in [0.15, 0.2) is 0 Å². The first-order valence-electron chi connectivity index (χ1n) is 8.30. The molecule has 0 radical (unpaired) electrons. The van der Waals surface area contributed by atoms with E-state index in [1.807, 2.05) is 20.8 Å². The lowest BCUT2D eigenvalue weighted by Crippen LogP contribution is -2.46. The number of aliphatic hydroxyl groups is 1. The molecule has 1 aromatic rings. The second-order valence-electron chi connectivity index (χ2n) is 7.51. The highest BCUT2D eigenvalue weighted by Gasteiger charge is 2.39. The van der Waals surface area contributed by atoms with E-state index in [9.17, 15) is 9.90 Å². The van der Waals surface area contributed by atoms with Crippen LogP contribution < -0.4 is 0 Å². The molecule has 3 rings (SSSR count). The molecular formula is C18H26N2O3. The molecule has 1 unspecified atom stereocenters. The Kier molecular flexibility index (Phi) is 4.34. The first kappa shape index (κ1) is 16.3. The summed E-state index contributed by atoms with van der Waals surface area (Å²) in [4.78, 5) is 16.1. The monoisotopic (exact) mass is 318 g/mol. The number of carbonyl (C=O) groups excluding carboxylic acids is 1. The van der Waals surface area contributed by atoms with Crippen LogP contribution in [0.4, 0.5) is 4.79 Å². The van der Waals surface area contributed by atoms with Crippen LogP contribution in [0.5, 0.6) is 0 Å². The Morgan fingerprint density at radius 1 is 1.22 bits per heavy atom. The van der Waals surface area contributed by atoms with Gasteiger partial charge in [0.25, 0.3) is 0 Å². The Labute approximate surface area is 137 Å². The van der Waals surface area contributed by atoms with Gasteiger partial charge in [-0.2, -0.15) is 0 Å². The molecule has 0 aliphatic carbocycles. The van der Waals surface area contributed by atoms with Crippen molar-refractivity contribution in [1.29, 1.82) is 0 Å². The molecule has 23 heavy (non-hydrogen) atoms. The molecule has 0 saturated carbocycles. The van der Waals surface area contributed by atoms with Gasteiger partial charge in [-0.05, 0) is 38.3 Å². The first-order valence-corrected chi connectivity index (χ1v) is 8.30. The standard InChI is InChI=1S/C18H26N2O3/c1-18(2,3)23-17(22)20-11-15(16(21)12-20)19-9-8-13-6-4-5-7-14(13)10-19/h4-7,15-16,21H,8-12H2,1-3H3/t15?,16-/m1/s1. The van der Waals surface area contributed by atoms with Gasteiger partial charge in [0, 0.05) is 19.6 Å². The van der Waals surface area contributed by atoms with E-state index in [1.54, 1.807) is 4.90 Å². The number of hydrogen-bond donors (Lipinski definition) is 1. The maximum absolute atomic E-state index is 12.2. The van der Waals surface area contributed by atoms with Crippen molar-refractivity contribution < 1.29 is 14.6 Å². The maximum Gasteiger partial charge on any atom is 0.410 e. The number of fused-ring (bicyclic) bond motifs is 1. The van der Waals surface area contributed by atoms with Gasteiger partial charge in [-0.15, -0.1) is 0 Å². The predicted molar refractivity (Wildman–Crippen MR) is 88.2 cm³/mol. The second kappa shape index (κ2) is 6.13. The van der Waals surface area contributed by atoms with Gasteiger partial charge in [-0.25, -0.2) is 4.79 Å². The molecule has 1 N–H and O–H groups in total. The van der Waals surface area contributed by atoms with Crippen LogP contribution in [0.1, 0.15) is 31.9 Å². The molecule has 2 aliphatic heterocycles. The Balaban J connectivity index is 1.65. The fourth-order valence-electron chi connectivity index (χ4n) is 3.40. The van der Waals surface area contributed by atoms with Crippen LogP contribution in [0.25, 0.3) is 0 Å². The molecule has 2 aliphatic rings. The van der Waals surface area contributed by atoms with E-state index in [2.05, 4.69) is 29.2 Å². The molecule has 1 fully saturated rings. The summed E-state index contributed by atoms with van der Waals surface area (Å²) in [5.74, 6) is 0. The molecule has 0 aromatic heterocycles. The van der Waals surface area contributed by atoms with Crippen molar-refractivity contribution in [2.75, 3.05) is 19.6 Å². The van der Waals surface area contributed by atoms with Crippen molar-refractivity contribution >= 4 is 6.09 Å². The van der Waals surface area contributed by atoms with E-state index >= 15 is 0 Å². The third-order valence-corrected chi connectivity index (χ3v) is 4.54. The molecule has 126 valence electrons. The van der Waals surface area contributed by atoms with Crippen molar-refractivity contribution in [3.8, 4) is 0 Å². The average Bonchev–Trinajstić information content (AvgIpc) is 2.87. The van der Waals surface area contributed by atoms with E-state index < -0.39 is 11.7 Å². The zero-order chi connectivity index (χ0) is 16.6. The molecular weight excluding hydrogens is 292 g/mol. The quantitative estimate of drug-likeness (QED) is 0.861. The minimum atomic E-state index is -0.521. The molecule has 5 nitrogen and oxygen atoms in total. The smallest absolute Gasteiger partial charge is 0.410 e. The summed E-state index contributed by atoms with van der Waals surface area (Å²) >= 11 is 0. The number of hydrogen-bond acceptors (Lipinski definition) is 4. The number of ether oxygens (including phenoxy) is 1. The van der Waals surface area contributed by atoms with Crippen LogP contribution in [-0.4, -0.2) is 58.4 Å². The van der Waals surface area contributed by atoms with E-state index in [1.165, 1.54) is 11.1 Å². The lowest BCUT2D eigenvalue weighted by Gasteiger charge is -2.34. The summed E-state index contributed by atoms with van der Waals surface area (Å²) in [5, 5.41) is 10.4. The van der Waals surface area contributed by atoms with Gasteiger partial charge in [0.05, 0.1) is 18.7 Å². The number of likely N-dealkylation sites (tertiary alicyclic amines) is 1. The number of aliphatic hydroxyl groups excluding tert-OH is 1. The van der Waals surface area contributed by atoms with Crippen LogP contribution in [-0.2, 0) is 17.7 Å². The molecule has 1 amide bonds. The fraction of sp³-hybridized carbons (Fsp3) is 0.611. The average molecular weight is 318 g/mol. The van der Waals surface area contributed by atoms with E-state index in [4.69, 9.17) is 4.74 Å². The van der Waals surface area contributed by atoms with Crippen molar-refractivity contribution in [1.82, 2.24) is 9.80 Å². The molecule has 1 saturated heterocycles. The lowest BCUT2D eigenvalue weighted by atomic mass is 9.98. The van der Waals surface area contributed by atoms with E-state index in [0.29, 0.717) is 13.1 Å². The first-order chi connectivity index (χ1) is 10.8. The van der Waals surface area contributed by atoms with Crippen LogP contribution in [0, 0.1) is 0 Å². The van der Waals surface area contributed by atoms with Gasteiger partial charge in [-0.1, -0.05) is 24.3 Å². The van der Waals surface area contributed by atoms with Crippen LogP contribution >= 0.6 is 0 Å². The number of rotatable bonds is 1. The predicted octanol–water partition coefficient (Wildman–Crippen LogP) is 2.02. The van der Waals surface area contributed by atoms with Crippen molar-refractivity contribution in [3.63, 3.8) is 0 Å². The highest BCUT2D eigenvalue weighted by atomic mass is 16.6. The molecule has 0 bridgehead atoms. The van der Waals surface area contributed by atoms with Crippen molar-refractivity contribution in [2.45, 2.75) is 51.5 Å². The van der Waals surface area contributed by atoms with Gasteiger partial charge in [-0.3, -0.25) is 4.90 Å². The highest BCUT2D eigenvalue weighted by Crippen LogP contribution is 2.25. The molecule has 1 aromatic carbocycles. The van der Waals surface area contributed by atoms with Crippen LogP contribution in [0.2, 0.25) is 0 Å². The number of carbonyl (C=O) groups is 1. The Hall–Kier alpha value is -1.59. The van der Waals surface area contributed by atoms with Gasteiger partial charge < -0.3 is 14.7 Å². The summed E-state index contributed by atoms with van der Waals surface area (Å²) in [6.07, 6.45) is 0.135. The summed E-state index contributed by atoms with van der Waals surface area (Å²) < 4.78 is 5.42. The summed E-state index contributed by atoms with van der Waals surface area (Å²) in [7, 11) is 0. The SMILES string of the molecule is CC(C)(C)OC(=O)N1CC(N2CCc3ccccc3C2)[C@H](O)C1. The zero-order valence-corrected chi connectivity index (χ0v) is 14.2. The van der Waals surface area contributed by atoms with Crippen LogP contribution in [0.15, 0.2) is 24.3 Å². The molecule has 2 atom stereocenters. The van der Waals surface area contributed by atoms with Gasteiger partial charge >= 0.3 is 6.09 Å². The third kappa shape index (κ3) is 3.67. The Morgan fingerprint density at radius 3 is 2.61 bits per heavy atom. The number of benzene rings is 1. The van der Waals surface area contributed by atoms with Crippen molar-refractivity contribution in [3.05, 3.63) is 35.4 Å². The van der Waals surface area contributed by atoms with E-state index in [0.717, 1.165) is 19.5 Å². The number of nitrogens with zero attached hydrogens (tertiary/aromatic N) is 2. The van der Waals surface area contributed by atoms with Gasteiger partial charge in [0.1, 0.15) is 5.60 Å². The maximum atomic E-state index is 12.2. The zero-order valence-electron chi connectivity index (χ0n) is 14.2. The number of β-amino-alcohol motifs (C(OH)–C–C–N with tert-alkyl or cyclic N) is 1. The lowest BCUT2D eigenvalue weighted by molar-refractivity contribution is 0.0269. The van der Waals surface area contributed by atoms with E-state index in [-0.39, 0.29) is 12.1 Å². The van der Waals surface area contributed by atoms with Crippen LogP contribution in [0.3, 0.4) is 0 Å². The largest absolute Gasteiger partial charge is 0.444 e. The third-order valence-electron chi connectivity index (χ3n) is 4.54. The molecule has 5 heteroatoms. The molecule has 0 spiro atoms. The van der Waals surface area contributed by atoms with Crippen molar-refractivity contribution in [2.24, 2.45) is 0 Å². The Morgan fingerprint density at radius 2 is 1.91 bits per heavy atom. The summed E-state index contributed by atoms with van der Waals surface area (Å²) in [5.41, 5.74) is 2.20. The minimum absolute atomic E-state index is 0.0177. The topological polar surface area (TPSA) is 53.0 Å². The summed E-state index contributed by atoms with van der Waals surface area (Å²) in [6, 6.07) is 8.43. The number of amides is 1. The molecule has 2 heterocycles. The normalized spacial score (nSPS) is 25.3. The van der Waals surface area contributed by atoms with Gasteiger partial charge in [0.2, 0.25) is 0 Å². The minimum Gasteiger partial charge on any atom is -0.444 e. The summed E-state index contributed by atoms with van der Waals surface area (Å²) in [6.45, 7) is 8.19. The highest BCUT2D eigenvalue weighted by molar-refractivity contribution is 5.68. The Bertz CT molecular complexity index is 582.